The number of benzene rings is 1. The average molecular weight is 590 g/mol. The Morgan fingerprint density at radius 2 is 1.97 bits per heavy atom. The minimum absolute atomic E-state index is 0.00139. The van der Waals surface area contributed by atoms with E-state index in [0.29, 0.717) is 0 Å². The molecule has 0 atom stereocenters. The van der Waals surface area contributed by atoms with E-state index in [4.69, 9.17) is 17.3 Å². The lowest BCUT2D eigenvalue weighted by Gasteiger charge is -2.26. The number of allylic oxidation sites excluding steroid dienone is 1. The van der Waals surface area contributed by atoms with Crippen molar-refractivity contribution >= 4 is 45.1 Å². The summed E-state index contributed by atoms with van der Waals surface area (Å²) in [6.07, 6.45) is -0.947. The Labute approximate surface area is 230 Å². The lowest BCUT2D eigenvalue weighted by molar-refractivity contribution is -0.274. The van der Waals surface area contributed by atoms with Crippen LogP contribution in [-0.4, -0.2) is 56.3 Å². The molecule has 0 saturated carbocycles. The van der Waals surface area contributed by atoms with Gasteiger partial charge in [-0.2, -0.15) is 4.98 Å². The maximum atomic E-state index is 13.3. The van der Waals surface area contributed by atoms with Gasteiger partial charge in [0.05, 0.1) is 22.8 Å². The first-order chi connectivity index (χ1) is 18.2. The lowest BCUT2D eigenvalue weighted by atomic mass is 9.87. The molecule has 1 aromatic heterocycles. The number of nitrogens with two attached hydrogens (primary N) is 1. The second-order valence-electron chi connectivity index (χ2n) is 9.18. The zero-order chi connectivity index (χ0) is 29.0. The van der Waals surface area contributed by atoms with E-state index in [0.717, 1.165) is 37.1 Å². The topological polar surface area (TPSA) is 144 Å². The molecular formula is C24H31ClF3N7O3S. The number of halogens is 4. The molecule has 1 aliphatic heterocycles. The van der Waals surface area contributed by atoms with Gasteiger partial charge >= 0.3 is 6.36 Å². The van der Waals surface area contributed by atoms with Gasteiger partial charge in [0.25, 0.3) is 0 Å². The van der Waals surface area contributed by atoms with Crippen LogP contribution >= 0.6 is 11.6 Å². The summed E-state index contributed by atoms with van der Waals surface area (Å²) in [5.41, 5.74) is 7.38. The van der Waals surface area contributed by atoms with E-state index in [2.05, 4.69) is 35.6 Å². The Balaban J connectivity index is 2.00. The van der Waals surface area contributed by atoms with Crippen molar-refractivity contribution in [1.82, 2.24) is 15.3 Å². The van der Waals surface area contributed by atoms with Gasteiger partial charge in [0, 0.05) is 13.3 Å². The van der Waals surface area contributed by atoms with Crippen LogP contribution in [0.3, 0.4) is 0 Å². The Morgan fingerprint density at radius 3 is 2.56 bits per heavy atom. The molecule has 0 aliphatic carbocycles. The number of piperidine rings is 1. The van der Waals surface area contributed by atoms with Crippen LogP contribution < -0.4 is 26.4 Å². The predicted octanol–water partition coefficient (Wildman–Crippen LogP) is 4.61. The molecule has 1 fully saturated rings. The molecule has 10 nitrogen and oxygen atoms in total. The largest absolute Gasteiger partial charge is 0.573 e. The van der Waals surface area contributed by atoms with Crippen molar-refractivity contribution in [3.63, 3.8) is 0 Å². The van der Waals surface area contributed by atoms with Crippen LogP contribution in [0.15, 0.2) is 34.0 Å². The fourth-order valence-electron chi connectivity index (χ4n) is 4.04. The molecule has 214 valence electrons. The van der Waals surface area contributed by atoms with Crippen LogP contribution in [0.25, 0.3) is 0 Å². The minimum atomic E-state index is -4.93. The smallest absolute Gasteiger partial charge is 0.404 e. The van der Waals surface area contributed by atoms with Crippen LogP contribution in [0, 0.1) is 6.92 Å². The zero-order valence-corrected chi connectivity index (χ0v) is 23.4. The number of aromatic nitrogens is 2. The molecular weight excluding hydrogens is 559 g/mol. The predicted molar refractivity (Wildman–Crippen MR) is 146 cm³/mol. The van der Waals surface area contributed by atoms with Gasteiger partial charge in [0.2, 0.25) is 5.95 Å². The van der Waals surface area contributed by atoms with Crippen molar-refractivity contribution in [2.75, 3.05) is 30.8 Å². The molecule has 15 heteroatoms. The van der Waals surface area contributed by atoms with E-state index in [9.17, 15) is 21.6 Å². The number of nitrogens with zero attached hydrogens (tertiary/aromatic N) is 3. The first-order valence-corrected chi connectivity index (χ1v) is 14.0. The van der Waals surface area contributed by atoms with Crippen LogP contribution in [0.4, 0.5) is 30.6 Å². The standard InChI is InChI=1S/C24H31ClF3N7O3S/c1-13(2)39(36,37)21(29)19(12-30-4)33-22-17(25)11-32-23(35-22)34-18-9-14(3)16(15-5-7-31-8-6-15)10-20(18)38-24(26,27)28/h9-13,15,31H,5-8,29H2,1-4H3,(H2,32,33,34,35). The summed E-state index contributed by atoms with van der Waals surface area (Å²) in [5, 5.41) is 7.46. The Morgan fingerprint density at radius 1 is 1.31 bits per heavy atom. The molecule has 0 bridgehead atoms. The number of sulfone groups is 1. The van der Waals surface area contributed by atoms with Crippen molar-refractivity contribution in [3.8, 4) is 5.75 Å². The fourth-order valence-corrected chi connectivity index (χ4v) is 5.10. The quantitative estimate of drug-likeness (QED) is 0.308. The van der Waals surface area contributed by atoms with E-state index in [-0.39, 0.29) is 34.1 Å². The third-order valence-electron chi connectivity index (χ3n) is 6.07. The maximum absolute atomic E-state index is 13.3. The molecule has 1 saturated heterocycles. The van der Waals surface area contributed by atoms with Gasteiger partial charge in [-0.1, -0.05) is 11.6 Å². The first kappa shape index (κ1) is 30.4. The Kier molecular flexibility index (Phi) is 9.67. The molecule has 1 aliphatic rings. The lowest BCUT2D eigenvalue weighted by Crippen LogP contribution is -2.27. The Hall–Kier alpha value is -3.10. The summed E-state index contributed by atoms with van der Waals surface area (Å²) in [6, 6.07) is 2.94. The second-order valence-corrected chi connectivity index (χ2v) is 12.1. The summed E-state index contributed by atoms with van der Waals surface area (Å²) < 4.78 is 69.4. The van der Waals surface area contributed by atoms with Crippen molar-refractivity contribution in [1.29, 1.82) is 0 Å². The average Bonchev–Trinajstić information content (AvgIpc) is 2.86. The highest BCUT2D eigenvalue weighted by molar-refractivity contribution is 7.95. The minimum Gasteiger partial charge on any atom is -0.404 e. The van der Waals surface area contributed by atoms with Crippen molar-refractivity contribution in [2.45, 2.75) is 51.1 Å². The molecule has 0 amide bonds. The third kappa shape index (κ3) is 7.73. The number of hydrogen-bond donors (Lipinski definition) is 4. The van der Waals surface area contributed by atoms with Gasteiger partial charge in [0.1, 0.15) is 5.02 Å². The van der Waals surface area contributed by atoms with Crippen molar-refractivity contribution in [2.24, 2.45) is 10.7 Å². The highest BCUT2D eigenvalue weighted by Crippen LogP contribution is 2.39. The summed E-state index contributed by atoms with van der Waals surface area (Å²) in [5.74, 6) is -0.509. The van der Waals surface area contributed by atoms with Crippen LogP contribution in [-0.2, 0) is 9.84 Å². The number of anilines is 3. The summed E-state index contributed by atoms with van der Waals surface area (Å²) in [4.78, 5) is 12.1. The van der Waals surface area contributed by atoms with E-state index >= 15 is 0 Å². The third-order valence-corrected chi connectivity index (χ3v) is 8.42. The van der Waals surface area contributed by atoms with E-state index in [1.165, 1.54) is 39.4 Å². The van der Waals surface area contributed by atoms with Gasteiger partial charge in [-0.05, 0) is 75.9 Å². The first-order valence-electron chi connectivity index (χ1n) is 12.1. The van der Waals surface area contributed by atoms with Gasteiger partial charge < -0.3 is 26.4 Å². The van der Waals surface area contributed by atoms with Gasteiger partial charge in [-0.15, -0.1) is 13.2 Å². The maximum Gasteiger partial charge on any atom is 0.573 e. The molecule has 0 unspecified atom stereocenters. The highest BCUT2D eigenvalue weighted by atomic mass is 35.5. The molecule has 1 aromatic carbocycles. The van der Waals surface area contributed by atoms with Crippen molar-refractivity contribution in [3.05, 3.63) is 45.2 Å². The van der Waals surface area contributed by atoms with Crippen LogP contribution in [0.1, 0.15) is 43.7 Å². The number of aryl methyl sites for hydroxylation is 1. The number of nitrogens with one attached hydrogen (secondary N) is 3. The van der Waals surface area contributed by atoms with E-state index in [1.54, 1.807) is 6.07 Å². The monoisotopic (exact) mass is 589 g/mol. The number of alkyl halides is 3. The Bertz CT molecular complexity index is 1360. The molecule has 2 aromatic rings. The molecule has 3 rings (SSSR count). The fraction of sp³-hybridized carbons (Fsp3) is 0.458. The SMILES string of the molecule is CN=CC(Nc1nc(Nc2cc(C)c(C3CCNCC3)cc2OC(F)(F)F)ncc1Cl)=C(N)S(=O)(=O)C(C)C. The van der Waals surface area contributed by atoms with E-state index in [1.807, 2.05) is 6.92 Å². The number of rotatable bonds is 9. The van der Waals surface area contributed by atoms with Crippen LogP contribution in [0.5, 0.6) is 5.75 Å². The summed E-state index contributed by atoms with van der Waals surface area (Å²) in [7, 11) is -2.44. The second kappa shape index (κ2) is 12.4. The van der Waals surface area contributed by atoms with Gasteiger partial charge in [-0.25, -0.2) is 13.4 Å². The number of aliphatic imine (C=N–C) groups is 1. The number of ether oxygens (including phenoxy) is 1. The van der Waals surface area contributed by atoms with Crippen molar-refractivity contribution < 1.29 is 26.3 Å². The zero-order valence-electron chi connectivity index (χ0n) is 21.9. The van der Waals surface area contributed by atoms with E-state index < -0.39 is 32.2 Å². The molecule has 0 spiro atoms. The molecule has 2 heterocycles. The normalized spacial score (nSPS) is 15.9. The number of hydrogen-bond acceptors (Lipinski definition) is 10. The van der Waals surface area contributed by atoms with Gasteiger partial charge in [-0.3, -0.25) is 4.99 Å². The summed E-state index contributed by atoms with van der Waals surface area (Å²) in [6.45, 7) is 6.31. The molecule has 5 N–H and O–H groups in total. The summed E-state index contributed by atoms with van der Waals surface area (Å²) >= 11 is 6.22. The highest BCUT2D eigenvalue weighted by Gasteiger charge is 2.33. The van der Waals surface area contributed by atoms with Gasteiger partial charge in [0.15, 0.2) is 26.4 Å². The molecule has 39 heavy (non-hydrogen) atoms. The molecule has 0 radical (unpaired) electrons. The van der Waals surface area contributed by atoms with Crippen LogP contribution in [0.2, 0.25) is 5.02 Å².